The molecule has 3 unspecified atom stereocenters. The molecule has 20 heavy (non-hydrogen) atoms. The zero-order chi connectivity index (χ0) is 15.3. The van der Waals surface area contributed by atoms with E-state index in [9.17, 15) is 18.0 Å². The summed E-state index contributed by atoms with van der Waals surface area (Å²) in [6.07, 6.45) is -2.03. The summed E-state index contributed by atoms with van der Waals surface area (Å²) in [5.74, 6) is -2.39. The largest absolute Gasteiger partial charge is 0.392 e. The average Bonchev–Trinajstić information content (AvgIpc) is 2.36. The van der Waals surface area contributed by atoms with Crippen LogP contribution >= 0.6 is 11.6 Å². The Balaban J connectivity index is 2.67. The molecule has 0 aromatic rings. The lowest BCUT2D eigenvalue weighted by Crippen LogP contribution is -2.46. The number of alkyl halides is 4. The van der Waals surface area contributed by atoms with Gasteiger partial charge in [-0.25, -0.2) is 0 Å². The highest BCUT2D eigenvalue weighted by Crippen LogP contribution is 2.41. The van der Waals surface area contributed by atoms with Crippen LogP contribution in [0, 0.1) is 17.8 Å². The molecule has 1 rings (SSSR count). The molecule has 0 radical (unpaired) electrons. The summed E-state index contributed by atoms with van der Waals surface area (Å²) in [6, 6.07) is -0.250. The first-order valence-electron chi connectivity index (χ1n) is 7.18. The third-order valence-corrected chi connectivity index (χ3v) is 4.18. The van der Waals surface area contributed by atoms with Gasteiger partial charge in [0.25, 0.3) is 0 Å². The van der Waals surface area contributed by atoms with Crippen molar-refractivity contribution in [3.8, 4) is 0 Å². The molecule has 0 aromatic carbocycles. The molecule has 0 bridgehead atoms. The van der Waals surface area contributed by atoms with E-state index in [1.165, 1.54) is 0 Å². The van der Waals surface area contributed by atoms with Gasteiger partial charge in [-0.1, -0.05) is 26.7 Å². The minimum atomic E-state index is -4.29. The summed E-state index contributed by atoms with van der Waals surface area (Å²) < 4.78 is 38.9. The van der Waals surface area contributed by atoms with E-state index in [0.717, 1.165) is 0 Å². The van der Waals surface area contributed by atoms with Crippen LogP contribution in [0.15, 0.2) is 0 Å². The van der Waals surface area contributed by atoms with Crippen molar-refractivity contribution in [2.75, 3.05) is 5.88 Å². The molecule has 1 saturated carbocycles. The van der Waals surface area contributed by atoms with Gasteiger partial charge in [-0.3, -0.25) is 4.79 Å². The topological polar surface area (TPSA) is 29.1 Å². The van der Waals surface area contributed by atoms with Crippen LogP contribution < -0.4 is 5.32 Å². The second kappa shape index (κ2) is 7.53. The van der Waals surface area contributed by atoms with Gasteiger partial charge in [0, 0.05) is 17.8 Å². The Morgan fingerprint density at radius 2 is 1.90 bits per heavy atom. The van der Waals surface area contributed by atoms with Gasteiger partial charge in [0.2, 0.25) is 5.91 Å². The quantitative estimate of drug-likeness (QED) is 0.760. The first kappa shape index (κ1) is 17.6. The summed E-state index contributed by atoms with van der Waals surface area (Å²) in [6.45, 7) is 3.98. The maximum atomic E-state index is 13.0. The standard InChI is InChI=1S/C14H23ClF3NO/c1-9(2)7-10(8-15)19-13(20)11-5-3-4-6-12(11)14(16,17)18/h9-12H,3-8H2,1-2H3,(H,19,20). The lowest BCUT2D eigenvalue weighted by atomic mass is 9.78. The Labute approximate surface area is 123 Å². The van der Waals surface area contributed by atoms with Gasteiger partial charge in [0.15, 0.2) is 0 Å². The molecular formula is C14H23ClF3NO. The first-order valence-corrected chi connectivity index (χ1v) is 7.72. The SMILES string of the molecule is CC(C)CC(CCl)NC(=O)C1CCCCC1C(F)(F)F. The molecule has 118 valence electrons. The van der Waals surface area contributed by atoms with E-state index in [-0.39, 0.29) is 18.3 Å². The number of nitrogens with one attached hydrogen (secondary N) is 1. The molecule has 0 aliphatic heterocycles. The van der Waals surface area contributed by atoms with Gasteiger partial charge in [-0.2, -0.15) is 13.2 Å². The smallest absolute Gasteiger partial charge is 0.352 e. The molecule has 0 aromatic heterocycles. The van der Waals surface area contributed by atoms with E-state index in [1.54, 1.807) is 0 Å². The third kappa shape index (κ3) is 5.15. The average molecular weight is 314 g/mol. The van der Waals surface area contributed by atoms with E-state index >= 15 is 0 Å². The fourth-order valence-corrected chi connectivity index (χ4v) is 3.08. The molecular weight excluding hydrogens is 291 g/mol. The van der Waals surface area contributed by atoms with E-state index in [2.05, 4.69) is 5.32 Å². The van der Waals surface area contributed by atoms with Crippen LogP contribution in [0.3, 0.4) is 0 Å². The number of carbonyl (C=O) groups is 1. The van der Waals surface area contributed by atoms with Crippen molar-refractivity contribution in [3.05, 3.63) is 0 Å². The number of carbonyl (C=O) groups excluding carboxylic acids is 1. The molecule has 1 fully saturated rings. The van der Waals surface area contributed by atoms with Crippen molar-refractivity contribution in [1.29, 1.82) is 0 Å². The molecule has 1 N–H and O–H groups in total. The van der Waals surface area contributed by atoms with Crippen molar-refractivity contribution in [2.24, 2.45) is 17.8 Å². The van der Waals surface area contributed by atoms with Gasteiger partial charge < -0.3 is 5.32 Å². The van der Waals surface area contributed by atoms with E-state index < -0.39 is 23.9 Å². The lowest BCUT2D eigenvalue weighted by molar-refractivity contribution is -0.198. The van der Waals surface area contributed by atoms with Crippen LogP contribution in [-0.2, 0) is 4.79 Å². The maximum Gasteiger partial charge on any atom is 0.392 e. The van der Waals surface area contributed by atoms with Crippen molar-refractivity contribution in [1.82, 2.24) is 5.32 Å². The highest BCUT2D eigenvalue weighted by atomic mass is 35.5. The third-order valence-electron chi connectivity index (χ3n) is 3.81. The van der Waals surface area contributed by atoms with Gasteiger partial charge >= 0.3 is 6.18 Å². The molecule has 3 atom stereocenters. The maximum absolute atomic E-state index is 13.0. The number of amides is 1. The number of hydrogen-bond acceptors (Lipinski definition) is 1. The Morgan fingerprint density at radius 1 is 1.30 bits per heavy atom. The van der Waals surface area contributed by atoms with Crippen molar-refractivity contribution >= 4 is 17.5 Å². The molecule has 2 nitrogen and oxygen atoms in total. The van der Waals surface area contributed by atoms with Gasteiger partial charge in [0.05, 0.1) is 5.92 Å². The summed E-state index contributed by atoms with van der Waals surface area (Å²) in [5, 5.41) is 2.70. The lowest BCUT2D eigenvalue weighted by Gasteiger charge is -2.33. The van der Waals surface area contributed by atoms with E-state index in [4.69, 9.17) is 11.6 Å². The Bertz CT molecular complexity index is 320. The molecule has 0 saturated heterocycles. The molecule has 0 spiro atoms. The fourth-order valence-electron chi connectivity index (χ4n) is 2.87. The second-order valence-electron chi connectivity index (χ2n) is 6.03. The van der Waals surface area contributed by atoms with Gasteiger partial charge in [-0.15, -0.1) is 11.6 Å². The van der Waals surface area contributed by atoms with Crippen LogP contribution in [0.5, 0.6) is 0 Å². The summed E-state index contributed by atoms with van der Waals surface area (Å²) in [5.41, 5.74) is 0. The van der Waals surface area contributed by atoms with E-state index in [0.29, 0.717) is 31.6 Å². The highest BCUT2D eigenvalue weighted by Gasteiger charge is 2.48. The van der Waals surface area contributed by atoms with Crippen LogP contribution in [0.4, 0.5) is 13.2 Å². The second-order valence-corrected chi connectivity index (χ2v) is 6.34. The number of hydrogen-bond donors (Lipinski definition) is 1. The van der Waals surface area contributed by atoms with Crippen molar-refractivity contribution in [3.63, 3.8) is 0 Å². The predicted molar refractivity (Wildman–Crippen MR) is 73.6 cm³/mol. The summed E-state index contributed by atoms with van der Waals surface area (Å²) in [4.78, 5) is 12.1. The van der Waals surface area contributed by atoms with E-state index in [1.807, 2.05) is 13.8 Å². The van der Waals surface area contributed by atoms with Crippen LogP contribution in [0.1, 0.15) is 46.0 Å². The van der Waals surface area contributed by atoms with Crippen molar-refractivity contribution < 1.29 is 18.0 Å². The summed E-state index contributed by atoms with van der Waals surface area (Å²) in [7, 11) is 0. The normalized spacial score (nSPS) is 25.6. The zero-order valence-corrected chi connectivity index (χ0v) is 12.7. The molecule has 1 aliphatic rings. The van der Waals surface area contributed by atoms with Crippen LogP contribution in [0.25, 0.3) is 0 Å². The molecule has 0 heterocycles. The Hall–Kier alpha value is -0.450. The number of halogens is 4. The zero-order valence-electron chi connectivity index (χ0n) is 12.0. The van der Waals surface area contributed by atoms with Crippen LogP contribution in [0.2, 0.25) is 0 Å². The monoisotopic (exact) mass is 313 g/mol. The van der Waals surface area contributed by atoms with Gasteiger partial charge in [-0.05, 0) is 25.2 Å². The van der Waals surface area contributed by atoms with Crippen molar-refractivity contribution in [2.45, 2.75) is 58.2 Å². The molecule has 1 aliphatic carbocycles. The fraction of sp³-hybridized carbons (Fsp3) is 0.929. The minimum Gasteiger partial charge on any atom is -0.352 e. The summed E-state index contributed by atoms with van der Waals surface area (Å²) >= 11 is 5.78. The van der Waals surface area contributed by atoms with Crippen LogP contribution in [-0.4, -0.2) is 24.0 Å². The minimum absolute atomic E-state index is 0.0529. The Morgan fingerprint density at radius 3 is 2.40 bits per heavy atom. The molecule has 1 amide bonds. The first-order chi connectivity index (χ1) is 9.25. The molecule has 6 heteroatoms. The Kier molecular flexibility index (Phi) is 6.62. The predicted octanol–water partition coefficient (Wildman–Crippen LogP) is 4.12. The van der Waals surface area contributed by atoms with Gasteiger partial charge in [0.1, 0.15) is 0 Å². The number of rotatable bonds is 5. The highest BCUT2D eigenvalue weighted by molar-refractivity contribution is 6.18.